The summed E-state index contributed by atoms with van der Waals surface area (Å²) in [7, 11) is -3.90. The minimum Gasteiger partial charge on any atom is -0.301 e. The van der Waals surface area contributed by atoms with Crippen LogP contribution in [-0.2, 0) is 14.6 Å². The third-order valence-corrected chi connectivity index (χ3v) is 4.05. The molecule has 0 heterocycles. The van der Waals surface area contributed by atoms with Gasteiger partial charge in [-0.15, -0.1) is 0 Å². The first-order valence-electron chi connectivity index (χ1n) is 6.45. The molecule has 0 N–H and O–H groups in total. The second kappa shape index (κ2) is 6.69. The molecule has 0 radical (unpaired) electrons. The predicted molar refractivity (Wildman–Crippen MR) is 81.2 cm³/mol. The van der Waals surface area contributed by atoms with E-state index in [1.807, 2.05) is 0 Å². The topological polar surface area (TPSA) is 141 Å². The van der Waals surface area contributed by atoms with Gasteiger partial charge in [0.05, 0.1) is 14.7 Å². The summed E-state index contributed by atoms with van der Waals surface area (Å²) in [5, 5.41) is 22.5. The highest BCUT2D eigenvalue weighted by molar-refractivity contribution is 7.90. The van der Waals surface area contributed by atoms with Gasteiger partial charge in [-0.2, -0.15) is 0 Å². The zero-order valence-corrected chi connectivity index (χ0v) is 13.5. The Kier molecular flexibility index (Phi) is 5.38. The van der Waals surface area contributed by atoms with Gasteiger partial charge in [0.25, 0.3) is 0 Å². The van der Waals surface area contributed by atoms with Gasteiger partial charge in [0.2, 0.25) is 11.6 Å². The second-order valence-corrected chi connectivity index (χ2v) is 6.78. The lowest BCUT2D eigenvalue weighted by Crippen LogP contribution is -2.30. The highest BCUT2D eigenvalue weighted by Crippen LogP contribution is 2.40. The third kappa shape index (κ3) is 4.00. The highest BCUT2D eigenvalue weighted by Gasteiger charge is 2.34. The van der Waals surface area contributed by atoms with Crippen LogP contribution in [-0.4, -0.2) is 37.0 Å². The maximum absolute atomic E-state index is 11.7. The molecule has 1 rings (SSSR count). The van der Waals surface area contributed by atoms with E-state index in [1.165, 1.54) is 0 Å². The van der Waals surface area contributed by atoms with E-state index in [0.29, 0.717) is 6.42 Å². The number of hydrogen-bond donors (Lipinski definition) is 0. The molecule has 0 aliphatic heterocycles. The van der Waals surface area contributed by atoms with Crippen LogP contribution in [0.25, 0.3) is 0 Å². The molecule has 10 nitrogen and oxygen atoms in total. The van der Waals surface area contributed by atoms with E-state index in [-0.39, 0.29) is 6.54 Å². The number of sulfone groups is 1. The second-order valence-electron chi connectivity index (χ2n) is 4.77. The van der Waals surface area contributed by atoms with E-state index in [0.717, 1.165) is 30.2 Å². The van der Waals surface area contributed by atoms with Crippen LogP contribution >= 0.6 is 0 Å². The van der Waals surface area contributed by atoms with Crippen molar-refractivity contribution in [2.24, 2.45) is 0 Å². The molecule has 126 valence electrons. The SMILES string of the molecule is CCCN(C(C)=O)c1c([N+](=O)[O-])cc(S(C)(=O)=O)cc1[N+](=O)[O-]. The van der Waals surface area contributed by atoms with Gasteiger partial charge in [0, 0.05) is 31.9 Å². The Balaban J connectivity index is 3.89. The summed E-state index contributed by atoms with van der Waals surface area (Å²) in [5.74, 6) is -0.620. The van der Waals surface area contributed by atoms with Crippen LogP contribution in [0.4, 0.5) is 17.1 Å². The molecule has 1 aromatic rings. The number of rotatable bonds is 6. The van der Waals surface area contributed by atoms with Crippen LogP contribution < -0.4 is 4.90 Å². The zero-order valence-electron chi connectivity index (χ0n) is 12.7. The number of carbonyl (C=O) groups excluding carboxylic acids is 1. The average Bonchev–Trinajstić information content (AvgIpc) is 2.41. The molecular formula is C12H15N3O7S. The van der Waals surface area contributed by atoms with E-state index in [2.05, 4.69) is 0 Å². The molecule has 0 saturated carbocycles. The normalized spacial score (nSPS) is 11.1. The highest BCUT2D eigenvalue weighted by atomic mass is 32.2. The molecule has 0 aliphatic rings. The van der Waals surface area contributed by atoms with Crippen molar-refractivity contribution in [2.75, 3.05) is 17.7 Å². The first kappa shape index (κ1) is 18.5. The minimum atomic E-state index is -3.90. The molecule has 0 spiro atoms. The molecule has 0 atom stereocenters. The zero-order chi connectivity index (χ0) is 17.9. The van der Waals surface area contributed by atoms with Gasteiger partial charge in [0.1, 0.15) is 0 Å². The Hall–Kier alpha value is -2.56. The number of hydrogen-bond acceptors (Lipinski definition) is 7. The molecule has 11 heteroatoms. The standard InChI is InChI=1S/C12H15N3O7S/c1-4-5-13(8(2)16)12-10(14(17)18)6-9(23(3,21)22)7-11(12)15(19)20/h6-7H,4-5H2,1-3H3. The molecule has 0 aliphatic carbocycles. The van der Waals surface area contributed by atoms with Crippen molar-refractivity contribution in [1.29, 1.82) is 0 Å². The maximum atomic E-state index is 11.7. The Labute approximate surface area is 131 Å². The van der Waals surface area contributed by atoms with Crippen LogP contribution in [0.3, 0.4) is 0 Å². The van der Waals surface area contributed by atoms with Crippen molar-refractivity contribution < 1.29 is 23.1 Å². The van der Waals surface area contributed by atoms with Crippen molar-refractivity contribution in [3.05, 3.63) is 32.4 Å². The molecule has 23 heavy (non-hydrogen) atoms. The fourth-order valence-electron chi connectivity index (χ4n) is 2.00. The fraction of sp³-hybridized carbons (Fsp3) is 0.417. The van der Waals surface area contributed by atoms with Gasteiger partial charge < -0.3 is 4.90 Å². The Bertz CT molecular complexity index is 738. The van der Waals surface area contributed by atoms with Crippen molar-refractivity contribution in [3.63, 3.8) is 0 Å². The lowest BCUT2D eigenvalue weighted by atomic mass is 10.2. The maximum Gasteiger partial charge on any atom is 0.301 e. The minimum absolute atomic E-state index is 0.0231. The summed E-state index contributed by atoms with van der Waals surface area (Å²) in [4.78, 5) is 32.7. The number of nitro benzene ring substituents is 2. The van der Waals surface area contributed by atoms with Crippen LogP contribution in [0.2, 0.25) is 0 Å². The Morgan fingerprint density at radius 3 is 1.87 bits per heavy atom. The molecule has 1 aromatic carbocycles. The summed E-state index contributed by atoms with van der Waals surface area (Å²) in [6, 6.07) is 1.45. The molecule has 0 aromatic heterocycles. The molecule has 0 fully saturated rings. The number of amides is 1. The first-order chi connectivity index (χ1) is 10.5. The van der Waals surface area contributed by atoms with Crippen molar-refractivity contribution in [3.8, 4) is 0 Å². The summed E-state index contributed by atoms with van der Waals surface area (Å²) in [5.41, 5.74) is -2.12. The van der Waals surface area contributed by atoms with Crippen molar-refractivity contribution in [2.45, 2.75) is 25.2 Å². The number of anilines is 1. The molecule has 0 bridgehead atoms. The Morgan fingerprint density at radius 1 is 1.17 bits per heavy atom. The van der Waals surface area contributed by atoms with Crippen LogP contribution in [0.1, 0.15) is 20.3 Å². The smallest absolute Gasteiger partial charge is 0.301 e. The third-order valence-electron chi connectivity index (χ3n) is 2.96. The quantitative estimate of drug-likeness (QED) is 0.564. The molecule has 0 unspecified atom stereocenters. The van der Waals surface area contributed by atoms with E-state index in [4.69, 9.17) is 0 Å². The summed E-state index contributed by atoms with van der Waals surface area (Å²) < 4.78 is 23.2. The van der Waals surface area contributed by atoms with Gasteiger partial charge in [-0.3, -0.25) is 25.0 Å². The van der Waals surface area contributed by atoms with Crippen LogP contribution in [0.5, 0.6) is 0 Å². The van der Waals surface area contributed by atoms with Gasteiger partial charge in [-0.05, 0) is 6.42 Å². The van der Waals surface area contributed by atoms with Gasteiger partial charge in [0.15, 0.2) is 9.84 Å². The molecular weight excluding hydrogens is 330 g/mol. The first-order valence-corrected chi connectivity index (χ1v) is 8.34. The lowest BCUT2D eigenvalue weighted by Gasteiger charge is -2.20. The van der Waals surface area contributed by atoms with E-state index < -0.39 is 47.5 Å². The molecule has 1 amide bonds. The number of nitrogens with zero attached hydrogens (tertiary/aromatic N) is 3. The van der Waals surface area contributed by atoms with E-state index >= 15 is 0 Å². The predicted octanol–water partition coefficient (Wildman–Crippen LogP) is 1.67. The van der Waals surface area contributed by atoms with Gasteiger partial charge in [-0.25, -0.2) is 8.42 Å². The summed E-state index contributed by atoms with van der Waals surface area (Å²) >= 11 is 0. The van der Waals surface area contributed by atoms with Crippen molar-refractivity contribution in [1.82, 2.24) is 0 Å². The van der Waals surface area contributed by atoms with Crippen LogP contribution in [0, 0.1) is 20.2 Å². The monoisotopic (exact) mass is 345 g/mol. The van der Waals surface area contributed by atoms with E-state index in [9.17, 15) is 33.4 Å². The lowest BCUT2D eigenvalue weighted by molar-refractivity contribution is -0.393. The number of nitro groups is 2. The van der Waals surface area contributed by atoms with Crippen LogP contribution in [0.15, 0.2) is 17.0 Å². The van der Waals surface area contributed by atoms with Gasteiger partial charge >= 0.3 is 11.4 Å². The average molecular weight is 345 g/mol. The largest absolute Gasteiger partial charge is 0.301 e. The van der Waals surface area contributed by atoms with E-state index in [1.54, 1.807) is 6.92 Å². The van der Waals surface area contributed by atoms with Gasteiger partial charge in [-0.1, -0.05) is 6.92 Å². The molecule has 0 saturated heterocycles. The number of benzene rings is 1. The summed E-state index contributed by atoms with van der Waals surface area (Å²) in [6.07, 6.45) is 1.19. The summed E-state index contributed by atoms with van der Waals surface area (Å²) in [6.45, 7) is 2.83. The number of carbonyl (C=O) groups is 1. The van der Waals surface area contributed by atoms with Crippen molar-refractivity contribution >= 4 is 32.8 Å². The Morgan fingerprint density at radius 2 is 1.61 bits per heavy atom. The fourth-order valence-corrected chi connectivity index (χ4v) is 2.65.